The van der Waals surface area contributed by atoms with Crippen LogP contribution < -0.4 is 4.74 Å². The molecule has 0 amide bonds. The Balaban J connectivity index is 2.32. The summed E-state index contributed by atoms with van der Waals surface area (Å²) in [5, 5.41) is 0. The van der Waals surface area contributed by atoms with Crippen molar-refractivity contribution in [1.29, 1.82) is 0 Å². The van der Waals surface area contributed by atoms with Crippen molar-refractivity contribution in [2.45, 2.75) is 6.42 Å². The summed E-state index contributed by atoms with van der Waals surface area (Å²) >= 11 is 0. The van der Waals surface area contributed by atoms with E-state index in [-0.39, 0.29) is 18.2 Å². The van der Waals surface area contributed by atoms with Crippen LogP contribution in [0.4, 0.5) is 0 Å². The van der Waals surface area contributed by atoms with Gasteiger partial charge in [0.15, 0.2) is 5.78 Å². The summed E-state index contributed by atoms with van der Waals surface area (Å²) in [4.78, 5) is 24.0. The highest BCUT2D eigenvalue weighted by atomic mass is 16.5. The number of ether oxygens (including phenoxy) is 2. The van der Waals surface area contributed by atoms with Crippen LogP contribution >= 0.6 is 0 Å². The average Bonchev–Trinajstić information content (AvgIpc) is 2.87. The predicted octanol–water partition coefficient (Wildman–Crippen LogP) is 1.98. The van der Waals surface area contributed by atoms with Crippen LogP contribution in [-0.2, 0) is 23.0 Å². The number of carbonyl (C=O) groups is 2. The zero-order valence-corrected chi connectivity index (χ0v) is 12.3. The summed E-state index contributed by atoms with van der Waals surface area (Å²) in [5.41, 5.74) is 1.70. The van der Waals surface area contributed by atoms with Gasteiger partial charge < -0.3 is 14.0 Å². The normalized spacial score (nSPS) is 10.2. The highest BCUT2D eigenvalue weighted by molar-refractivity contribution is 6.10. The Hall–Kier alpha value is -2.56. The van der Waals surface area contributed by atoms with Crippen molar-refractivity contribution in [1.82, 2.24) is 4.57 Å². The third-order valence-corrected chi connectivity index (χ3v) is 3.34. The number of ketones is 1. The van der Waals surface area contributed by atoms with Gasteiger partial charge in [-0.2, -0.15) is 0 Å². The largest absolute Gasteiger partial charge is 0.497 e. The monoisotopic (exact) mass is 287 g/mol. The van der Waals surface area contributed by atoms with E-state index in [2.05, 4.69) is 4.74 Å². The minimum absolute atomic E-state index is 0.0667. The van der Waals surface area contributed by atoms with Crippen molar-refractivity contribution in [3.05, 3.63) is 53.3 Å². The summed E-state index contributed by atoms with van der Waals surface area (Å²) in [7, 11) is 4.70. The second kappa shape index (κ2) is 6.26. The molecule has 5 nitrogen and oxygen atoms in total. The summed E-state index contributed by atoms with van der Waals surface area (Å²) in [6.07, 6.45) is 1.83. The van der Waals surface area contributed by atoms with E-state index < -0.39 is 0 Å². The lowest BCUT2D eigenvalue weighted by molar-refractivity contribution is -0.139. The second-order valence-corrected chi connectivity index (χ2v) is 4.60. The fourth-order valence-electron chi connectivity index (χ4n) is 2.10. The van der Waals surface area contributed by atoms with E-state index >= 15 is 0 Å². The average molecular weight is 287 g/mol. The number of esters is 1. The molecular weight excluding hydrogens is 270 g/mol. The second-order valence-electron chi connectivity index (χ2n) is 4.60. The molecule has 0 radical (unpaired) electrons. The molecule has 0 aliphatic heterocycles. The quantitative estimate of drug-likeness (QED) is 0.623. The number of aromatic nitrogens is 1. The van der Waals surface area contributed by atoms with Crippen LogP contribution in [0, 0.1) is 0 Å². The molecule has 1 aromatic carbocycles. The van der Waals surface area contributed by atoms with Gasteiger partial charge in [0.05, 0.1) is 20.6 Å². The SMILES string of the molecule is COC(=O)Cc1c(C(=O)c2ccc(OC)cc2)ccn1C. The molecule has 2 aromatic rings. The van der Waals surface area contributed by atoms with Crippen molar-refractivity contribution in [3.63, 3.8) is 0 Å². The van der Waals surface area contributed by atoms with Gasteiger partial charge in [-0.3, -0.25) is 9.59 Å². The summed E-state index contributed by atoms with van der Waals surface area (Å²) in [6.45, 7) is 0. The number of hydrogen-bond donors (Lipinski definition) is 0. The molecule has 0 bridgehead atoms. The highest BCUT2D eigenvalue weighted by Crippen LogP contribution is 2.19. The van der Waals surface area contributed by atoms with Crippen LogP contribution in [-0.4, -0.2) is 30.5 Å². The maximum absolute atomic E-state index is 12.5. The van der Waals surface area contributed by atoms with Crippen LogP contribution in [0.25, 0.3) is 0 Å². The topological polar surface area (TPSA) is 57.5 Å². The molecule has 0 unspecified atom stereocenters. The lowest BCUT2D eigenvalue weighted by atomic mass is 10.0. The Morgan fingerprint density at radius 1 is 1.10 bits per heavy atom. The Kier molecular flexibility index (Phi) is 4.42. The molecular formula is C16H17NO4. The van der Waals surface area contributed by atoms with E-state index in [1.165, 1.54) is 7.11 Å². The molecule has 0 saturated heterocycles. The first-order chi connectivity index (χ1) is 10.1. The molecule has 0 saturated carbocycles. The summed E-state index contributed by atoms with van der Waals surface area (Å²) in [6, 6.07) is 8.59. The maximum atomic E-state index is 12.5. The predicted molar refractivity (Wildman–Crippen MR) is 77.6 cm³/mol. The van der Waals surface area contributed by atoms with Gasteiger partial charge in [-0.25, -0.2) is 0 Å². The van der Waals surface area contributed by atoms with E-state index in [1.807, 2.05) is 0 Å². The molecule has 110 valence electrons. The van der Waals surface area contributed by atoms with Gasteiger partial charge >= 0.3 is 5.97 Å². The van der Waals surface area contributed by atoms with Gasteiger partial charge in [0.1, 0.15) is 5.75 Å². The minimum Gasteiger partial charge on any atom is -0.497 e. The van der Waals surface area contributed by atoms with Crippen molar-refractivity contribution in [3.8, 4) is 5.75 Å². The van der Waals surface area contributed by atoms with Gasteiger partial charge in [0, 0.05) is 30.1 Å². The molecule has 0 spiro atoms. The van der Waals surface area contributed by atoms with Crippen LogP contribution in [0.3, 0.4) is 0 Å². The minimum atomic E-state index is -0.374. The number of benzene rings is 1. The van der Waals surface area contributed by atoms with Crippen molar-refractivity contribution < 1.29 is 19.1 Å². The number of carbonyl (C=O) groups excluding carboxylic acids is 2. The Bertz CT molecular complexity index is 655. The lowest BCUT2D eigenvalue weighted by Crippen LogP contribution is -2.12. The first-order valence-corrected chi connectivity index (χ1v) is 6.46. The van der Waals surface area contributed by atoms with Gasteiger partial charge in [-0.05, 0) is 30.3 Å². The molecule has 0 fully saturated rings. The van der Waals surface area contributed by atoms with Gasteiger partial charge in [0.25, 0.3) is 0 Å². The Morgan fingerprint density at radius 3 is 2.33 bits per heavy atom. The summed E-state index contributed by atoms with van der Waals surface area (Å²) < 4.78 is 11.5. The zero-order valence-electron chi connectivity index (χ0n) is 12.3. The first-order valence-electron chi connectivity index (χ1n) is 6.46. The zero-order chi connectivity index (χ0) is 15.4. The summed E-state index contributed by atoms with van der Waals surface area (Å²) in [5.74, 6) is 0.187. The number of aryl methyl sites for hydroxylation is 1. The molecule has 5 heteroatoms. The molecule has 1 heterocycles. The highest BCUT2D eigenvalue weighted by Gasteiger charge is 2.19. The van der Waals surface area contributed by atoms with Crippen LogP contribution in [0.1, 0.15) is 21.6 Å². The Labute approximate surface area is 123 Å². The smallest absolute Gasteiger partial charge is 0.311 e. The molecule has 2 rings (SSSR count). The molecule has 0 aliphatic rings. The number of nitrogens with zero attached hydrogens (tertiary/aromatic N) is 1. The molecule has 21 heavy (non-hydrogen) atoms. The van der Waals surface area contributed by atoms with E-state index in [9.17, 15) is 9.59 Å². The van der Waals surface area contributed by atoms with Crippen LogP contribution in [0.15, 0.2) is 36.5 Å². The van der Waals surface area contributed by atoms with E-state index in [1.54, 1.807) is 55.3 Å². The maximum Gasteiger partial charge on any atom is 0.311 e. The number of hydrogen-bond acceptors (Lipinski definition) is 4. The standard InChI is InChI=1S/C16H17NO4/c1-17-9-8-13(14(17)10-15(18)21-3)16(19)11-4-6-12(20-2)7-5-11/h4-9H,10H2,1-3H3. The van der Waals surface area contributed by atoms with E-state index in [0.717, 1.165) is 0 Å². The van der Waals surface area contributed by atoms with Gasteiger partial charge in [0.2, 0.25) is 0 Å². The van der Waals surface area contributed by atoms with Crippen LogP contribution in [0.2, 0.25) is 0 Å². The fraction of sp³-hybridized carbons (Fsp3) is 0.250. The number of methoxy groups -OCH3 is 2. The molecule has 0 aliphatic carbocycles. The van der Waals surface area contributed by atoms with Gasteiger partial charge in [-0.15, -0.1) is 0 Å². The van der Waals surface area contributed by atoms with E-state index in [4.69, 9.17) is 4.74 Å². The molecule has 1 aromatic heterocycles. The third kappa shape index (κ3) is 3.13. The van der Waals surface area contributed by atoms with Crippen molar-refractivity contribution >= 4 is 11.8 Å². The van der Waals surface area contributed by atoms with Gasteiger partial charge in [-0.1, -0.05) is 0 Å². The Morgan fingerprint density at radius 2 is 1.76 bits per heavy atom. The molecule has 0 atom stereocenters. The van der Waals surface area contributed by atoms with E-state index in [0.29, 0.717) is 22.6 Å². The van der Waals surface area contributed by atoms with Crippen molar-refractivity contribution in [2.24, 2.45) is 7.05 Å². The fourth-order valence-corrected chi connectivity index (χ4v) is 2.10. The lowest BCUT2D eigenvalue weighted by Gasteiger charge is -2.07. The third-order valence-electron chi connectivity index (χ3n) is 3.34. The number of rotatable bonds is 5. The molecule has 0 N–H and O–H groups in total. The van der Waals surface area contributed by atoms with Crippen LogP contribution in [0.5, 0.6) is 5.75 Å². The first kappa shape index (κ1) is 14.8. The van der Waals surface area contributed by atoms with Crippen molar-refractivity contribution in [2.75, 3.05) is 14.2 Å².